The van der Waals surface area contributed by atoms with Gasteiger partial charge in [0.05, 0.1) is 7.11 Å². The van der Waals surface area contributed by atoms with Crippen molar-refractivity contribution < 1.29 is 9.53 Å². The summed E-state index contributed by atoms with van der Waals surface area (Å²) in [5.41, 5.74) is 0.922. The Bertz CT molecular complexity index is 457. The fourth-order valence-corrected chi connectivity index (χ4v) is 2.00. The van der Waals surface area contributed by atoms with E-state index in [1.54, 1.807) is 18.1 Å². The second-order valence-corrected chi connectivity index (χ2v) is 4.57. The van der Waals surface area contributed by atoms with Gasteiger partial charge in [-0.3, -0.25) is 4.79 Å². The molecule has 0 aromatic heterocycles. The van der Waals surface area contributed by atoms with Crippen molar-refractivity contribution in [3.63, 3.8) is 0 Å². The fourth-order valence-electron chi connectivity index (χ4n) is 1.80. The summed E-state index contributed by atoms with van der Waals surface area (Å²) < 4.78 is 5.30. The molecule has 0 spiro atoms. The zero-order chi connectivity index (χ0) is 14.3. The Morgan fingerprint density at radius 1 is 1.47 bits per heavy atom. The van der Waals surface area contributed by atoms with Crippen molar-refractivity contribution in [1.29, 1.82) is 0 Å². The van der Waals surface area contributed by atoms with Crippen LogP contribution in [0.2, 0.25) is 5.02 Å². The van der Waals surface area contributed by atoms with E-state index >= 15 is 0 Å². The molecule has 0 saturated carbocycles. The molecular weight excluding hydrogens is 262 g/mol. The third kappa shape index (κ3) is 4.60. The highest BCUT2D eigenvalue weighted by Gasteiger charge is 2.13. The van der Waals surface area contributed by atoms with E-state index in [4.69, 9.17) is 16.3 Å². The highest BCUT2D eigenvalue weighted by atomic mass is 35.5. The van der Waals surface area contributed by atoms with E-state index in [2.05, 4.69) is 0 Å². The van der Waals surface area contributed by atoms with Crippen molar-refractivity contribution in [2.24, 2.45) is 0 Å². The lowest BCUT2D eigenvalue weighted by Gasteiger charge is -2.21. The lowest BCUT2D eigenvalue weighted by Crippen LogP contribution is -2.29. The molecule has 104 valence electrons. The number of halogens is 1. The number of ether oxygens (including phenoxy) is 1. The van der Waals surface area contributed by atoms with Gasteiger partial charge >= 0.3 is 0 Å². The molecule has 0 fully saturated rings. The van der Waals surface area contributed by atoms with Crippen LogP contribution in [0, 0.1) is 0 Å². The number of methoxy groups -OCH3 is 1. The van der Waals surface area contributed by atoms with Gasteiger partial charge in [-0.2, -0.15) is 0 Å². The number of amides is 1. The molecule has 0 atom stereocenters. The van der Waals surface area contributed by atoms with E-state index in [0.29, 0.717) is 24.5 Å². The van der Waals surface area contributed by atoms with E-state index in [0.717, 1.165) is 11.3 Å². The summed E-state index contributed by atoms with van der Waals surface area (Å²) in [5.74, 6) is 0.851. The van der Waals surface area contributed by atoms with Crippen molar-refractivity contribution in [2.45, 2.75) is 26.8 Å². The summed E-state index contributed by atoms with van der Waals surface area (Å²) in [4.78, 5) is 13.8. The molecule has 0 heterocycles. The van der Waals surface area contributed by atoms with Gasteiger partial charge < -0.3 is 9.64 Å². The van der Waals surface area contributed by atoms with Crippen LogP contribution in [0.5, 0.6) is 5.75 Å². The quantitative estimate of drug-likeness (QED) is 0.745. The Kier molecular flexibility index (Phi) is 6.43. The molecule has 19 heavy (non-hydrogen) atoms. The molecule has 0 saturated heterocycles. The first-order valence-corrected chi connectivity index (χ1v) is 6.71. The van der Waals surface area contributed by atoms with Gasteiger partial charge in [-0.25, -0.2) is 0 Å². The molecule has 1 amide bonds. The maximum absolute atomic E-state index is 12.0. The molecule has 0 unspecified atom stereocenters. The number of hydrogen-bond donors (Lipinski definition) is 0. The number of rotatable bonds is 6. The molecule has 0 bridgehead atoms. The number of allylic oxidation sites excluding steroid dienone is 1. The van der Waals surface area contributed by atoms with Gasteiger partial charge in [0.15, 0.2) is 0 Å². The summed E-state index contributed by atoms with van der Waals surface area (Å²) in [6.07, 6.45) is 4.17. The van der Waals surface area contributed by atoms with Crippen LogP contribution in [-0.2, 0) is 11.3 Å². The van der Waals surface area contributed by atoms with E-state index in [1.165, 1.54) is 0 Å². The lowest BCUT2D eigenvalue weighted by atomic mass is 10.1. The van der Waals surface area contributed by atoms with Gasteiger partial charge in [0.2, 0.25) is 5.91 Å². The van der Waals surface area contributed by atoms with Crippen molar-refractivity contribution in [1.82, 2.24) is 4.90 Å². The number of hydrogen-bond acceptors (Lipinski definition) is 2. The van der Waals surface area contributed by atoms with E-state index in [9.17, 15) is 4.79 Å². The molecule has 3 nitrogen and oxygen atoms in total. The second kappa shape index (κ2) is 7.85. The van der Waals surface area contributed by atoms with Crippen LogP contribution in [0.15, 0.2) is 30.4 Å². The SMILES string of the molecule is CC=CCC(=O)N(CC)Cc1cc(Cl)ccc1OC. The molecule has 0 N–H and O–H groups in total. The van der Waals surface area contributed by atoms with Crippen molar-refractivity contribution >= 4 is 17.5 Å². The van der Waals surface area contributed by atoms with Gasteiger partial charge in [0.25, 0.3) is 0 Å². The Hall–Kier alpha value is -1.48. The Balaban J connectivity index is 2.85. The lowest BCUT2D eigenvalue weighted by molar-refractivity contribution is -0.130. The largest absolute Gasteiger partial charge is 0.496 e. The number of carbonyl (C=O) groups excluding carboxylic acids is 1. The van der Waals surface area contributed by atoms with Gasteiger partial charge in [-0.05, 0) is 32.0 Å². The molecule has 1 rings (SSSR count). The highest BCUT2D eigenvalue weighted by Crippen LogP contribution is 2.24. The molecule has 1 aromatic carbocycles. The normalized spacial score (nSPS) is 10.7. The number of carbonyl (C=O) groups is 1. The van der Waals surface area contributed by atoms with Crippen molar-refractivity contribution in [2.75, 3.05) is 13.7 Å². The van der Waals surface area contributed by atoms with Crippen LogP contribution in [-0.4, -0.2) is 24.5 Å². The first-order valence-electron chi connectivity index (χ1n) is 6.33. The predicted molar refractivity (Wildman–Crippen MR) is 78.5 cm³/mol. The van der Waals surface area contributed by atoms with Crippen LogP contribution in [0.3, 0.4) is 0 Å². The first-order chi connectivity index (χ1) is 9.12. The minimum absolute atomic E-state index is 0.0997. The van der Waals surface area contributed by atoms with Gasteiger partial charge in [0.1, 0.15) is 5.75 Å². The Morgan fingerprint density at radius 3 is 2.79 bits per heavy atom. The van der Waals surface area contributed by atoms with E-state index in [-0.39, 0.29) is 5.91 Å². The standard InChI is InChI=1S/C15H20ClNO2/c1-4-6-7-15(18)17(5-2)11-12-10-13(16)8-9-14(12)19-3/h4,6,8-10H,5,7,11H2,1-3H3. The fraction of sp³-hybridized carbons (Fsp3) is 0.400. The summed E-state index contributed by atoms with van der Waals surface area (Å²) >= 11 is 5.99. The number of nitrogens with zero attached hydrogens (tertiary/aromatic N) is 1. The van der Waals surface area contributed by atoms with Crippen molar-refractivity contribution in [3.8, 4) is 5.75 Å². The minimum Gasteiger partial charge on any atom is -0.496 e. The smallest absolute Gasteiger partial charge is 0.226 e. The van der Waals surface area contributed by atoms with Crippen LogP contribution in [0.1, 0.15) is 25.8 Å². The predicted octanol–water partition coefficient (Wildman–Crippen LogP) is 3.66. The molecule has 4 heteroatoms. The minimum atomic E-state index is 0.0997. The third-order valence-electron chi connectivity index (χ3n) is 2.87. The average molecular weight is 282 g/mol. The van der Waals surface area contributed by atoms with E-state index in [1.807, 2.05) is 38.1 Å². The van der Waals surface area contributed by atoms with Crippen LogP contribution in [0.4, 0.5) is 0 Å². The molecular formula is C15H20ClNO2. The summed E-state index contributed by atoms with van der Waals surface area (Å²) in [6, 6.07) is 5.44. The van der Waals surface area contributed by atoms with Crippen molar-refractivity contribution in [3.05, 3.63) is 40.9 Å². The monoisotopic (exact) mass is 281 g/mol. The van der Waals surface area contributed by atoms with E-state index < -0.39 is 0 Å². The van der Waals surface area contributed by atoms with Gasteiger partial charge in [-0.15, -0.1) is 0 Å². The molecule has 0 radical (unpaired) electrons. The summed E-state index contributed by atoms with van der Waals surface area (Å²) in [5, 5.41) is 0.646. The highest BCUT2D eigenvalue weighted by molar-refractivity contribution is 6.30. The molecule has 0 aliphatic heterocycles. The van der Waals surface area contributed by atoms with Crippen LogP contribution >= 0.6 is 11.6 Å². The third-order valence-corrected chi connectivity index (χ3v) is 3.10. The Morgan fingerprint density at radius 2 is 2.21 bits per heavy atom. The van der Waals surface area contributed by atoms with Crippen LogP contribution < -0.4 is 4.74 Å². The average Bonchev–Trinajstić information content (AvgIpc) is 2.42. The van der Waals surface area contributed by atoms with Gasteiger partial charge in [0, 0.05) is 30.1 Å². The van der Waals surface area contributed by atoms with Crippen LogP contribution in [0.25, 0.3) is 0 Å². The molecule has 0 aliphatic rings. The maximum Gasteiger partial charge on any atom is 0.226 e. The number of benzene rings is 1. The zero-order valence-corrected chi connectivity index (χ0v) is 12.4. The Labute approximate surface area is 119 Å². The summed E-state index contributed by atoms with van der Waals surface area (Å²) in [6.45, 7) is 5.04. The zero-order valence-electron chi connectivity index (χ0n) is 11.6. The topological polar surface area (TPSA) is 29.5 Å². The molecule has 1 aromatic rings. The first kappa shape index (κ1) is 15.6. The maximum atomic E-state index is 12.0. The van der Waals surface area contributed by atoms with Gasteiger partial charge in [-0.1, -0.05) is 23.8 Å². The molecule has 0 aliphatic carbocycles. The second-order valence-electron chi connectivity index (χ2n) is 4.14. The summed E-state index contributed by atoms with van der Waals surface area (Å²) in [7, 11) is 1.62.